The van der Waals surface area contributed by atoms with Gasteiger partial charge >= 0.3 is 6.03 Å². The number of sulfone groups is 1. The lowest BCUT2D eigenvalue weighted by Crippen LogP contribution is -2.46. The molecule has 3 amide bonds. The van der Waals surface area contributed by atoms with Crippen LogP contribution in [0.3, 0.4) is 0 Å². The van der Waals surface area contributed by atoms with Gasteiger partial charge < -0.3 is 10.6 Å². The van der Waals surface area contributed by atoms with Crippen LogP contribution in [0.1, 0.15) is 11.6 Å². The van der Waals surface area contributed by atoms with Gasteiger partial charge in [0.05, 0.1) is 11.5 Å². The van der Waals surface area contributed by atoms with Crippen molar-refractivity contribution in [3.63, 3.8) is 0 Å². The number of benzene rings is 2. The van der Waals surface area contributed by atoms with Crippen LogP contribution in [0.2, 0.25) is 0 Å². The molecule has 0 spiro atoms. The van der Waals surface area contributed by atoms with Gasteiger partial charge in [0.2, 0.25) is 5.91 Å². The van der Waals surface area contributed by atoms with Crippen molar-refractivity contribution in [3.8, 4) is 0 Å². The Bertz CT molecular complexity index is 1010. The van der Waals surface area contributed by atoms with Crippen molar-refractivity contribution in [2.45, 2.75) is 6.04 Å². The normalized spacial score (nSPS) is 19.9. The third-order valence-electron chi connectivity index (χ3n) is 5.41. The zero-order valence-corrected chi connectivity index (χ0v) is 17.3. The van der Waals surface area contributed by atoms with Crippen molar-refractivity contribution in [2.75, 3.05) is 47.9 Å². The summed E-state index contributed by atoms with van der Waals surface area (Å²) in [5, 5.41) is 5.70. The highest BCUT2D eigenvalue weighted by Gasteiger charge is 2.32. The number of amides is 3. The monoisotopic (exact) mass is 428 g/mol. The summed E-state index contributed by atoms with van der Waals surface area (Å²) >= 11 is 0. The van der Waals surface area contributed by atoms with Gasteiger partial charge in [-0.1, -0.05) is 30.3 Å². The van der Waals surface area contributed by atoms with Gasteiger partial charge in [-0.3, -0.25) is 14.6 Å². The lowest BCUT2D eigenvalue weighted by atomic mass is 10.0. The van der Waals surface area contributed by atoms with Gasteiger partial charge in [0.15, 0.2) is 9.84 Å². The van der Waals surface area contributed by atoms with Crippen molar-refractivity contribution < 1.29 is 18.0 Å². The molecule has 158 valence electrons. The molecule has 9 heteroatoms. The Morgan fingerprint density at radius 1 is 0.967 bits per heavy atom. The predicted octanol–water partition coefficient (Wildman–Crippen LogP) is 1.63. The van der Waals surface area contributed by atoms with Gasteiger partial charge in [0.25, 0.3) is 0 Å². The van der Waals surface area contributed by atoms with Crippen LogP contribution >= 0.6 is 0 Å². The Labute approximate surface area is 175 Å². The van der Waals surface area contributed by atoms with Crippen molar-refractivity contribution in [1.29, 1.82) is 0 Å². The molecule has 30 heavy (non-hydrogen) atoms. The van der Waals surface area contributed by atoms with Gasteiger partial charge in [-0.15, -0.1) is 0 Å². The topological polar surface area (TPSA) is 98.8 Å². The lowest BCUT2D eigenvalue weighted by molar-refractivity contribution is -0.121. The average molecular weight is 429 g/mol. The molecule has 1 atom stereocenters. The van der Waals surface area contributed by atoms with Gasteiger partial charge in [0, 0.05) is 37.6 Å². The number of carbonyl (C=O) groups excluding carboxylic acids is 2. The first-order valence-corrected chi connectivity index (χ1v) is 11.7. The van der Waals surface area contributed by atoms with Crippen molar-refractivity contribution in [3.05, 3.63) is 60.2 Å². The van der Waals surface area contributed by atoms with E-state index in [-0.39, 0.29) is 23.4 Å². The number of urea groups is 1. The summed E-state index contributed by atoms with van der Waals surface area (Å²) in [5.41, 5.74) is 2.21. The van der Waals surface area contributed by atoms with Crippen molar-refractivity contribution in [2.24, 2.45) is 0 Å². The van der Waals surface area contributed by atoms with Crippen LogP contribution in [0.15, 0.2) is 54.6 Å². The van der Waals surface area contributed by atoms with Gasteiger partial charge in [-0.05, 0) is 29.8 Å². The van der Waals surface area contributed by atoms with Crippen LogP contribution in [0.25, 0.3) is 0 Å². The van der Waals surface area contributed by atoms with Crippen LogP contribution in [-0.4, -0.2) is 62.9 Å². The summed E-state index contributed by atoms with van der Waals surface area (Å²) in [6, 6.07) is 15.8. The molecular formula is C21H24N4O4S. The smallest absolute Gasteiger partial charge is 0.321 e. The molecule has 0 bridgehead atoms. The molecule has 2 aliphatic rings. The standard InChI is InChI=1S/C21H24N4O4S/c26-20(23-17-6-8-18(9-7-17)25-11-10-22-21(25)27)19(16-4-2-1-3-5-16)24-12-14-30(28,29)15-13-24/h1-9,19H,10-15H2,(H,22,27)(H,23,26). The van der Waals surface area contributed by atoms with E-state index < -0.39 is 15.9 Å². The number of nitrogens with one attached hydrogen (secondary N) is 2. The highest BCUT2D eigenvalue weighted by atomic mass is 32.2. The molecule has 0 aliphatic carbocycles. The number of carbonyl (C=O) groups is 2. The second kappa shape index (κ2) is 8.45. The second-order valence-electron chi connectivity index (χ2n) is 7.42. The minimum Gasteiger partial charge on any atom is -0.336 e. The zero-order valence-electron chi connectivity index (χ0n) is 16.5. The van der Waals surface area contributed by atoms with Crippen molar-refractivity contribution >= 4 is 33.2 Å². The maximum atomic E-state index is 13.2. The minimum absolute atomic E-state index is 0.0518. The first-order valence-electron chi connectivity index (χ1n) is 9.89. The molecule has 2 N–H and O–H groups in total. The van der Waals surface area contributed by atoms with Crippen LogP contribution in [0.4, 0.5) is 16.2 Å². The van der Waals surface area contributed by atoms with E-state index in [1.807, 2.05) is 35.2 Å². The summed E-state index contributed by atoms with van der Waals surface area (Å²) in [5.74, 6) is -0.112. The van der Waals surface area contributed by atoms with E-state index in [1.54, 1.807) is 29.2 Å². The predicted molar refractivity (Wildman–Crippen MR) is 115 cm³/mol. The minimum atomic E-state index is -3.04. The van der Waals surface area contributed by atoms with E-state index in [4.69, 9.17) is 0 Å². The molecule has 2 aromatic carbocycles. The van der Waals surface area contributed by atoms with E-state index >= 15 is 0 Å². The lowest BCUT2D eigenvalue weighted by Gasteiger charge is -2.33. The molecule has 1 unspecified atom stereocenters. The maximum Gasteiger partial charge on any atom is 0.321 e. The fraction of sp³-hybridized carbons (Fsp3) is 0.333. The SMILES string of the molecule is O=C(Nc1ccc(N2CCNC2=O)cc1)C(c1ccccc1)N1CCS(=O)(=O)CC1. The summed E-state index contributed by atoms with van der Waals surface area (Å²) in [6.45, 7) is 1.86. The number of hydrogen-bond donors (Lipinski definition) is 2. The van der Waals surface area contributed by atoms with E-state index in [0.29, 0.717) is 31.9 Å². The van der Waals surface area contributed by atoms with E-state index in [9.17, 15) is 18.0 Å². The Hall–Kier alpha value is -2.91. The molecule has 8 nitrogen and oxygen atoms in total. The van der Waals surface area contributed by atoms with Crippen LogP contribution in [-0.2, 0) is 14.6 Å². The Kier molecular flexibility index (Phi) is 5.74. The maximum absolute atomic E-state index is 13.2. The van der Waals surface area contributed by atoms with Gasteiger partial charge in [-0.2, -0.15) is 0 Å². The van der Waals surface area contributed by atoms with Crippen LogP contribution in [0, 0.1) is 0 Å². The fourth-order valence-corrected chi connectivity index (χ4v) is 5.03. The highest BCUT2D eigenvalue weighted by molar-refractivity contribution is 7.91. The molecule has 2 aromatic rings. The molecule has 0 aromatic heterocycles. The molecule has 2 heterocycles. The van der Waals surface area contributed by atoms with Gasteiger partial charge in [-0.25, -0.2) is 13.2 Å². The molecule has 2 saturated heterocycles. The first kappa shape index (κ1) is 20.4. The number of anilines is 2. The van der Waals surface area contributed by atoms with Gasteiger partial charge in [0.1, 0.15) is 6.04 Å². The number of hydrogen-bond acceptors (Lipinski definition) is 5. The molecule has 2 fully saturated rings. The molecule has 0 radical (unpaired) electrons. The van der Waals surface area contributed by atoms with E-state index in [1.165, 1.54) is 0 Å². The summed E-state index contributed by atoms with van der Waals surface area (Å²) < 4.78 is 23.6. The fourth-order valence-electron chi connectivity index (χ4n) is 3.80. The molecule has 2 aliphatic heterocycles. The second-order valence-corrected chi connectivity index (χ2v) is 9.72. The summed E-state index contributed by atoms with van der Waals surface area (Å²) in [4.78, 5) is 28.5. The first-order chi connectivity index (χ1) is 14.4. The zero-order chi connectivity index (χ0) is 21.1. The Morgan fingerprint density at radius 2 is 1.63 bits per heavy atom. The molecule has 0 saturated carbocycles. The quantitative estimate of drug-likeness (QED) is 0.754. The third kappa shape index (κ3) is 4.47. The average Bonchev–Trinajstić information content (AvgIpc) is 3.17. The third-order valence-corrected chi connectivity index (χ3v) is 7.02. The number of nitrogens with zero attached hydrogens (tertiary/aromatic N) is 2. The highest BCUT2D eigenvalue weighted by Crippen LogP contribution is 2.26. The van der Waals surface area contributed by atoms with Crippen LogP contribution < -0.4 is 15.5 Å². The summed E-state index contributed by atoms with van der Waals surface area (Å²) in [7, 11) is -3.04. The molecular weight excluding hydrogens is 404 g/mol. The Balaban J connectivity index is 1.51. The van der Waals surface area contributed by atoms with E-state index in [2.05, 4.69) is 10.6 Å². The largest absolute Gasteiger partial charge is 0.336 e. The molecule has 4 rings (SSSR count). The Morgan fingerprint density at radius 3 is 2.23 bits per heavy atom. The van der Waals surface area contributed by atoms with E-state index in [0.717, 1.165) is 11.3 Å². The van der Waals surface area contributed by atoms with Crippen LogP contribution in [0.5, 0.6) is 0 Å². The number of rotatable bonds is 5. The van der Waals surface area contributed by atoms with Crippen molar-refractivity contribution in [1.82, 2.24) is 10.2 Å². The summed E-state index contributed by atoms with van der Waals surface area (Å²) in [6.07, 6.45) is 0.